The van der Waals surface area contributed by atoms with Gasteiger partial charge in [-0.15, -0.1) is 0 Å². The summed E-state index contributed by atoms with van der Waals surface area (Å²) in [4.78, 5) is 4.78. The van der Waals surface area contributed by atoms with Gasteiger partial charge in [0.15, 0.2) is 5.96 Å². The molecule has 5 heteroatoms. The second-order valence-electron chi connectivity index (χ2n) is 6.34. The van der Waals surface area contributed by atoms with Crippen molar-refractivity contribution in [3.63, 3.8) is 0 Å². The average molecular weight is 348 g/mol. The van der Waals surface area contributed by atoms with Crippen molar-refractivity contribution in [3.8, 4) is 5.75 Å². The second kappa shape index (κ2) is 11.7. The van der Waals surface area contributed by atoms with E-state index in [9.17, 15) is 0 Å². The summed E-state index contributed by atoms with van der Waals surface area (Å²) in [6, 6.07) is 8.31. The van der Waals surface area contributed by atoms with Crippen molar-refractivity contribution in [2.75, 3.05) is 39.5 Å². The van der Waals surface area contributed by atoms with Crippen LogP contribution in [0.3, 0.4) is 0 Å². The lowest BCUT2D eigenvalue weighted by molar-refractivity contribution is 0.129. The van der Waals surface area contributed by atoms with Gasteiger partial charge in [0.25, 0.3) is 0 Å². The monoisotopic (exact) mass is 347 g/mol. The highest BCUT2D eigenvalue weighted by Gasteiger charge is 2.20. The van der Waals surface area contributed by atoms with E-state index in [-0.39, 0.29) is 0 Å². The van der Waals surface area contributed by atoms with Crippen molar-refractivity contribution in [1.29, 1.82) is 0 Å². The molecule has 140 valence electrons. The molecule has 0 aliphatic carbocycles. The molecule has 1 aliphatic heterocycles. The van der Waals surface area contributed by atoms with Gasteiger partial charge in [-0.3, -0.25) is 4.99 Å². The third kappa shape index (κ3) is 6.94. The molecule has 0 spiro atoms. The number of rotatable bonds is 10. The van der Waals surface area contributed by atoms with Gasteiger partial charge >= 0.3 is 0 Å². The van der Waals surface area contributed by atoms with Gasteiger partial charge < -0.3 is 20.1 Å². The lowest BCUT2D eigenvalue weighted by Gasteiger charge is -2.25. The maximum atomic E-state index is 5.73. The van der Waals surface area contributed by atoms with Crippen LogP contribution in [0.15, 0.2) is 29.3 Å². The summed E-state index contributed by atoms with van der Waals surface area (Å²) in [5.74, 6) is 2.33. The first-order valence-corrected chi connectivity index (χ1v) is 9.66. The fraction of sp³-hybridized carbons (Fsp3) is 0.650. The number of benzene rings is 1. The van der Waals surface area contributed by atoms with Gasteiger partial charge in [0, 0.05) is 38.8 Å². The molecule has 1 unspecified atom stereocenters. The molecule has 0 radical (unpaired) electrons. The smallest absolute Gasteiger partial charge is 0.191 e. The Morgan fingerprint density at radius 3 is 2.88 bits per heavy atom. The Labute approximate surface area is 152 Å². The van der Waals surface area contributed by atoms with Crippen molar-refractivity contribution in [2.45, 2.75) is 45.4 Å². The predicted molar refractivity (Wildman–Crippen MR) is 104 cm³/mol. The maximum absolute atomic E-state index is 5.73. The molecule has 1 aromatic rings. The van der Waals surface area contributed by atoms with Crippen LogP contribution in [0.25, 0.3) is 0 Å². The number of fused-ring (bicyclic) bond motifs is 1. The first kappa shape index (κ1) is 19.6. The van der Waals surface area contributed by atoms with E-state index in [4.69, 9.17) is 14.5 Å². The van der Waals surface area contributed by atoms with Crippen molar-refractivity contribution in [3.05, 3.63) is 29.8 Å². The molecule has 0 amide bonds. The minimum absolute atomic E-state index is 0.429. The quantitative estimate of drug-likeness (QED) is 0.387. The normalized spacial score (nSPS) is 16.9. The number of aliphatic imine (C=N–C) groups is 1. The Morgan fingerprint density at radius 2 is 2.04 bits per heavy atom. The summed E-state index contributed by atoms with van der Waals surface area (Å²) >= 11 is 0. The van der Waals surface area contributed by atoms with Crippen LogP contribution in [0, 0.1) is 0 Å². The van der Waals surface area contributed by atoms with Gasteiger partial charge in [-0.25, -0.2) is 0 Å². The third-order valence-corrected chi connectivity index (χ3v) is 4.30. The second-order valence-corrected chi connectivity index (χ2v) is 6.34. The van der Waals surface area contributed by atoms with Gasteiger partial charge in [0.2, 0.25) is 0 Å². The highest BCUT2D eigenvalue weighted by molar-refractivity contribution is 5.79. The van der Waals surface area contributed by atoms with Crippen molar-refractivity contribution in [1.82, 2.24) is 10.6 Å². The zero-order valence-corrected chi connectivity index (χ0v) is 15.7. The van der Waals surface area contributed by atoms with Crippen LogP contribution >= 0.6 is 0 Å². The number of hydrogen-bond donors (Lipinski definition) is 2. The molecule has 0 saturated heterocycles. The van der Waals surface area contributed by atoms with E-state index >= 15 is 0 Å². The van der Waals surface area contributed by atoms with Crippen LogP contribution in [0.2, 0.25) is 0 Å². The molecule has 1 atom stereocenters. The molecule has 2 rings (SSSR count). The van der Waals surface area contributed by atoms with E-state index in [1.165, 1.54) is 12.0 Å². The molecular weight excluding hydrogens is 314 g/mol. The lowest BCUT2D eigenvalue weighted by Crippen LogP contribution is -2.38. The van der Waals surface area contributed by atoms with Gasteiger partial charge in [0.1, 0.15) is 5.75 Å². The summed E-state index contributed by atoms with van der Waals surface area (Å²) in [5.41, 5.74) is 1.28. The Morgan fingerprint density at radius 1 is 1.20 bits per heavy atom. The SMILES string of the molecule is CCCCOCCCNC(=NCC1CCOc2ccccc21)NCC. The maximum Gasteiger partial charge on any atom is 0.191 e. The predicted octanol–water partition coefficient (Wildman–Crippen LogP) is 3.31. The van der Waals surface area contributed by atoms with E-state index in [1.807, 2.05) is 12.1 Å². The highest BCUT2D eigenvalue weighted by Crippen LogP contribution is 2.33. The molecule has 2 N–H and O–H groups in total. The van der Waals surface area contributed by atoms with Crippen LogP contribution in [-0.2, 0) is 4.74 Å². The molecule has 0 fully saturated rings. The minimum Gasteiger partial charge on any atom is -0.493 e. The van der Waals surface area contributed by atoms with Crippen LogP contribution in [0.1, 0.15) is 51.0 Å². The lowest BCUT2D eigenvalue weighted by atomic mass is 9.93. The zero-order chi connectivity index (χ0) is 17.7. The molecular formula is C20H33N3O2. The number of para-hydroxylation sites is 1. The molecule has 5 nitrogen and oxygen atoms in total. The summed E-state index contributed by atoms with van der Waals surface area (Å²) < 4.78 is 11.3. The summed E-state index contributed by atoms with van der Waals surface area (Å²) in [7, 11) is 0. The van der Waals surface area contributed by atoms with E-state index in [0.29, 0.717) is 5.92 Å². The standard InChI is InChI=1S/C20H33N3O2/c1-3-5-13-24-14-8-12-22-20(21-4-2)23-16-17-11-15-25-19-10-7-6-9-18(17)19/h6-7,9-10,17H,3-5,8,11-16H2,1-2H3,(H2,21,22,23). The molecule has 1 aromatic carbocycles. The number of unbranched alkanes of at least 4 members (excludes halogenated alkanes) is 1. The van der Waals surface area contributed by atoms with Crippen molar-refractivity contribution in [2.24, 2.45) is 4.99 Å². The highest BCUT2D eigenvalue weighted by atomic mass is 16.5. The van der Waals surface area contributed by atoms with Crippen molar-refractivity contribution >= 4 is 5.96 Å². The Kier molecular flexibility index (Phi) is 9.19. The zero-order valence-electron chi connectivity index (χ0n) is 15.7. The number of nitrogens with zero attached hydrogens (tertiary/aromatic N) is 1. The van der Waals surface area contributed by atoms with Gasteiger partial charge in [0.05, 0.1) is 6.61 Å². The third-order valence-electron chi connectivity index (χ3n) is 4.30. The molecule has 0 aromatic heterocycles. The van der Waals surface area contributed by atoms with Gasteiger partial charge in [-0.05, 0) is 37.8 Å². The molecule has 25 heavy (non-hydrogen) atoms. The van der Waals surface area contributed by atoms with Gasteiger partial charge in [-0.1, -0.05) is 31.5 Å². The van der Waals surface area contributed by atoms with E-state index < -0.39 is 0 Å². The molecule has 0 saturated carbocycles. The topological polar surface area (TPSA) is 54.9 Å². The Bertz CT molecular complexity index is 519. The largest absolute Gasteiger partial charge is 0.493 e. The number of nitrogens with one attached hydrogen (secondary N) is 2. The number of hydrogen-bond acceptors (Lipinski definition) is 3. The van der Waals surface area contributed by atoms with E-state index in [0.717, 1.165) is 70.4 Å². The van der Waals surface area contributed by atoms with Crippen LogP contribution in [0.4, 0.5) is 0 Å². The van der Waals surface area contributed by atoms with Crippen LogP contribution in [0.5, 0.6) is 5.75 Å². The van der Waals surface area contributed by atoms with Crippen molar-refractivity contribution < 1.29 is 9.47 Å². The van der Waals surface area contributed by atoms with E-state index in [1.54, 1.807) is 0 Å². The van der Waals surface area contributed by atoms with Crippen LogP contribution in [-0.4, -0.2) is 45.4 Å². The first-order valence-electron chi connectivity index (χ1n) is 9.66. The Hall–Kier alpha value is -1.75. The Balaban J connectivity index is 1.78. The fourth-order valence-electron chi connectivity index (χ4n) is 2.88. The fourth-order valence-corrected chi connectivity index (χ4v) is 2.88. The summed E-state index contributed by atoms with van der Waals surface area (Å²) in [5, 5.41) is 6.73. The molecule has 1 aliphatic rings. The minimum atomic E-state index is 0.429. The van der Waals surface area contributed by atoms with Gasteiger partial charge in [-0.2, -0.15) is 0 Å². The number of ether oxygens (including phenoxy) is 2. The molecule has 1 heterocycles. The van der Waals surface area contributed by atoms with E-state index in [2.05, 4.69) is 36.6 Å². The first-order chi connectivity index (χ1) is 12.3. The summed E-state index contributed by atoms with van der Waals surface area (Å²) in [6.07, 6.45) is 4.34. The molecule has 0 bridgehead atoms. The van der Waals surface area contributed by atoms with Crippen LogP contribution < -0.4 is 15.4 Å². The average Bonchev–Trinajstić information content (AvgIpc) is 2.65. The number of guanidine groups is 1. The summed E-state index contributed by atoms with van der Waals surface area (Å²) in [6.45, 7) is 9.24.